The first-order valence-corrected chi connectivity index (χ1v) is 6.09. The van der Waals surface area contributed by atoms with Gasteiger partial charge in [-0.2, -0.15) is 5.10 Å². The Morgan fingerprint density at radius 3 is 2.63 bits per heavy atom. The smallest absolute Gasteiger partial charge is 0.275 e. The molecular formula is C14H15N3O2. The number of carbonyl (C=O) groups is 1. The van der Waals surface area contributed by atoms with Crippen molar-refractivity contribution in [1.29, 1.82) is 0 Å². The van der Waals surface area contributed by atoms with Gasteiger partial charge in [0, 0.05) is 18.3 Å². The van der Waals surface area contributed by atoms with Gasteiger partial charge < -0.3 is 9.64 Å². The molecule has 19 heavy (non-hydrogen) atoms. The molecule has 3 rings (SSSR count). The van der Waals surface area contributed by atoms with Crippen LogP contribution >= 0.6 is 0 Å². The Balaban J connectivity index is 2.08. The van der Waals surface area contributed by atoms with Gasteiger partial charge in [0.05, 0.1) is 13.2 Å². The summed E-state index contributed by atoms with van der Waals surface area (Å²) in [7, 11) is 3.44. The third-order valence-corrected chi connectivity index (χ3v) is 3.61. The van der Waals surface area contributed by atoms with E-state index in [0.29, 0.717) is 5.69 Å². The van der Waals surface area contributed by atoms with E-state index in [0.717, 1.165) is 22.6 Å². The maximum atomic E-state index is 12.1. The molecule has 0 unspecified atom stereocenters. The van der Waals surface area contributed by atoms with Crippen LogP contribution in [0.1, 0.15) is 33.4 Å². The van der Waals surface area contributed by atoms with Gasteiger partial charge in [-0.05, 0) is 24.6 Å². The number of ether oxygens (including phenoxy) is 1. The minimum absolute atomic E-state index is 0.0415. The molecule has 1 aromatic heterocycles. The van der Waals surface area contributed by atoms with Crippen LogP contribution in [0.2, 0.25) is 0 Å². The van der Waals surface area contributed by atoms with Crippen LogP contribution in [0.5, 0.6) is 5.75 Å². The number of fused-ring (bicyclic) bond motifs is 1. The summed E-state index contributed by atoms with van der Waals surface area (Å²) in [6.07, 6.45) is 0. The molecule has 0 aliphatic carbocycles. The summed E-state index contributed by atoms with van der Waals surface area (Å²) in [5.74, 6) is 0.764. The lowest BCUT2D eigenvalue weighted by molar-refractivity contribution is 0.0787. The molecule has 1 aromatic carbocycles. The minimum Gasteiger partial charge on any atom is -0.497 e. The van der Waals surface area contributed by atoms with E-state index in [1.807, 2.05) is 31.2 Å². The first-order valence-electron chi connectivity index (χ1n) is 6.09. The normalized spacial score (nSPS) is 17.7. The van der Waals surface area contributed by atoms with Crippen LogP contribution in [-0.2, 0) is 0 Å². The van der Waals surface area contributed by atoms with Crippen LogP contribution in [0.3, 0.4) is 0 Å². The first kappa shape index (κ1) is 11.8. The monoisotopic (exact) mass is 257 g/mol. The summed E-state index contributed by atoms with van der Waals surface area (Å²) in [6.45, 7) is 1.94. The maximum absolute atomic E-state index is 12.1. The van der Waals surface area contributed by atoms with Crippen LogP contribution in [-0.4, -0.2) is 35.2 Å². The van der Waals surface area contributed by atoms with E-state index in [2.05, 4.69) is 10.2 Å². The molecule has 5 heteroatoms. The summed E-state index contributed by atoms with van der Waals surface area (Å²) in [4.78, 5) is 13.9. The molecule has 0 spiro atoms. The van der Waals surface area contributed by atoms with Gasteiger partial charge in [0.2, 0.25) is 0 Å². The van der Waals surface area contributed by atoms with Gasteiger partial charge >= 0.3 is 0 Å². The van der Waals surface area contributed by atoms with Crippen molar-refractivity contribution in [2.24, 2.45) is 0 Å². The summed E-state index contributed by atoms with van der Waals surface area (Å²) in [6, 6.07) is 7.69. The molecule has 0 bridgehead atoms. The van der Waals surface area contributed by atoms with E-state index in [4.69, 9.17) is 4.74 Å². The lowest BCUT2D eigenvalue weighted by Crippen LogP contribution is -2.24. The van der Waals surface area contributed by atoms with Gasteiger partial charge in [-0.1, -0.05) is 12.1 Å². The van der Waals surface area contributed by atoms with Crippen molar-refractivity contribution in [3.8, 4) is 5.75 Å². The highest BCUT2D eigenvalue weighted by Crippen LogP contribution is 2.38. The highest BCUT2D eigenvalue weighted by molar-refractivity contribution is 5.98. The molecule has 0 radical (unpaired) electrons. The van der Waals surface area contributed by atoms with Gasteiger partial charge in [0.1, 0.15) is 5.75 Å². The molecule has 2 aromatic rings. The number of aryl methyl sites for hydroxylation is 1. The fourth-order valence-corrected chi connectivity index (χ4v) is 2.59. The van der Waals surface area contributed by atoms with Crippen molar-refractivity contribution < 1.29 is 9.53 Å². The molecule has 1 aliphatic rings. The molecule has 2 heterocycles. The number of carbonyl (C=O) groups excluding carboxylic acids is 1. The fourth-order valence-electron chi connectivity index (χ4n) is 2.59. The summed E-state index contributed by atoms with van der Waals surface area (Å²) in [5, 5.41) is 6.99. The predicted octanol–water partition coefficient (Wildman–Crippen LogP) is 1.90. The van der Waals surface area contributed by atoms with E-state index in [9.17, 15) is 4.79 Å². The van der Waals surface area contributed by atoms with Gasteiger partial charge in [0.25, 0.3) is 5.91 Å². The van der Waals surface area contributed by atoms with Gasteiger partial charge in [-0.3, -0.25) is 9.89 Å². The van der Waals surface area contributed by atoms with Gasteiger partial charge in [-0.15, -0.1) is 0 Å². The quantitative estimate of drug-likeness (QED) is 0.894. The summed E-state index contributed by atoms with van der Waals surface area (Å²) < 4.78 is 5.16. The molecular weight excluding hydrogens is 242 g/mol. The van der Waals surface area contributed by atoms with E-state index < -0.39 is 0 Å². The lowest BCUT2D eigenvalue weighted by atomic mass is 9.99. The van der Waals surface area contributed by atoms with Crippen molar-refractivity contribution in [3.63, 3.8) is 0 Å². The van der Waals surface area contributed by atoms with Crippen LogP contribution in [0.25, 0.3) is 0 Å². The molecule has 1 N–H and O–H groups in total. The van der Waals surface area contributed by atoms with Crippen LogP contribution in [0, 0.1) is 6.92 Å². The van der Waals surface area contributed by atoms with Crippen molar-refractivity contribution in [2.45, 2.75) is 13.0 Å². The zero-order chi connectivity index (χ0) is 13.6. The van der Waals surface area contributed by atoms with Crippen LogP contribution in [0.15, 0.2) is 24.3 Å². The number of H-pyrrole nitrogens is 1. The zero-order valence-corrected chi connectivity index (χ0v) is 11.1. The molecule has 0 saturated carbocycles. The number of benzene rings is 1. The van der Waals surface area contributed by atoms with Crippen molar-refractivity contribution in [1.82, 2.24) is 15.1 Å². The van der Waals surface area contributed by atoms with Crippen LogP contribution in [0.4, 0.5) is 0 Å². The fraction of sp³-hybridized carbons (Fsp3) is 0.286. The molecule has 0 saturated heterocycles. The third kappa shape index (κ3) is 1.62. The standard InChI is InChI=1S/C14H15N3O2/c1-8-11-12(16-15-8)14(18)17(2)13(11)9-4-6-10(19-3)7-5-9/h4-7,13H,1-3H3,(H,15,16)/t13-/m1/s1. The Labute approximate surface area is 111 Å². The zero-order valence-electron chi connectivity index (χ0n) is 11.1. The van der Waals surface area contributed by atoms with E-state index in [1.54, 1.807) is 19.1 Å². The summed E-state index contributed by atoms with van der Waals surface area (Å²) >= 11 is 0. The first-order chi connectivity index (χ1) is 9.13. The number of nitrogens with zero attached hydrogens (tertiary/aromatic N) is 2. The second-order valence-corrected chi connectivity index (χ2v) is 4.70. The topological polar surface area (TPSA) is 58.2 Å². The predicted molar refractivity (Wildman–Crippen MR) is 70.3 cm³/mol. The van der Waals surface area contributed by atoms with Crippen molar-refractivity contribution >= 4 is 5.91 Å². The average molecular weight is 257 g/mol. The SMILES string of the molecule is COc1ccc([C@@H]2c3c(n[nH]c3C)C(=O)N2C)cc1. The van der Waals surface area contributed by atoms with Gasteiger partial charge in [-0.25, -0.2) is 0 Å². The lowest BCUT2D eigenvalue weighted by Gasteiger charge is -2.21. The minimum atomic E-state index is -0.0767. The third-order valence-electron chi connectivity index (χ3n) is 3.61. The molecule has 1 aliphatic heterocycles. The Morgan fingerprint density at radius 2 is 2.00 bits per heavy atom. The number of aromatic nitrogens is 2. The Hall–Kier alpha value is -2.30. The second-order valence-electron chi connectivity index (χ2n) is 4.70. The average Bonchev–Trinajstić information content (AvgIpc) is 2.92. The largest absolute Gasteiger partial charge is 0.497 e. The van der Waals surface area contributed by atoms with E-state index >= 15 is 0 Å². The second kappa shape index (κ2) is 4.12. The Morgan fingerprint density at radius 1 is 1.32 bits per heavy atom. The van der Waals surface area contributed by atoms with Crippen molar-refractivity contribution in [3.05, 3.63) is 46.8 Å². The number of hydrogen-bond acceptors (Lipinski definition) is 3. The Bertz CT molecular complexity index is 631. The highest BCUT2D eigenvalue weighted by Gasteiger charge is 2.39. The molecule has 98 valence electrons. The highest BCUT2D eigenvalue weighted by atomic mass is 16.5. The number of methoxy groups -OCH3 is 1. The van der Waals surface area contributed by atoms with Crippen molar-refractivity contribution in [2.75, 3.05) is 14.2 Å². The maximum Gasteiger partial charge on any atom is 0.275 e. The van der Waals surface area contributed by atoms with E-state index in [1.165, 1.54) is 0 Å². The number of nitrogens with one attached hydrogen (secondary N) is 1. The number of amides is 1. The van der Waals surface area contributed by atoms with Gasteiger partial charge in [0.15, 0.2) is 5.69 Å². The molecule has 1 atom stereocenters. The van der Waals surface area contributed by atoms with Crippen LogP contribution < -0.4 is 4.74 Å². The molecule has 0 fully saturated rings. The number of aromatic amines is 1. The summed E-state index contributed by atoms with van der Waals surface area (Å²) in [5.41, 5.74) is 3.49. The molecule has 1 amide bonds. The molecule has 5 nitrogen and oxygen atoms in total. The number of hydrogen-bond donors (Lipinski definition) is 1. The number of rotatable bonds is 2. The Kier molecular flexibility index (Phi) is 2.55. The van der Waals surface area contributed by atoms with E-state index in [-0.39, 0.29) is 11.9 Å².